The SMILES string of the molecule is CCC(N)Cc1ccc(OCc2ncnn2CC)cn1. The average molecular weight is 275 g/mol. The van der Waals surface area contributed by atoms with Crippen LogP contribution in [-0.2, 0) is 19.6 Å². The van der Waals surface area contributed by atoms with Crippen LogP contribution in [-0.4, -0.2) is 25.8 Å². The van der Waals surface area contributed by atoms with Crippen LogP contribution < -0.4 is 10.5 Å². The third-order valence-electron chi connectivity index (χ3n) is 3.16. The first-order valence-corrected chi connectivity index (χ1v) is 6.92. The van der Waals surface area contributed by atoms with Gasteiger partial charge in [-0.3, -0.25) is 4.98 Å². The molecule has 0 aliphatic carbocycles. The molecule has 108 valence electrons. The van der Waals surface area contributed by atoms with Crippen molar-refractivity contribution >= 4 is 0 Å². The molecule has 0 radical (unpaired) electrons. The van der Waals surface area contributed by atoms with Gasteiger partial charge in [-0.15, -0.1) is 0 Å². The van der Waals surface area contributed by atoms with Crippen molar-refractivity contribution < 1.29 is 4.74 Å². The molecule has 2 aromatic rings. The highest BCUT2D eigenvalue weighted by molar-refractivity contribution is 5.20. The minimum atomic E-state index is 0.164. The molecule has 2 N–H and O–H groups in total. The van der Waals surface area contributed by atoms with Crippen molar-refractivity contribution in [2.45, 2.75) is 45.9 Å². The summed E-state index contributed by atoms with van der Waals surface area (Å²) in [7, 11) is 0. The van der Waals surface area contributed by atoms with Crippen molar-refractivity contribution in [3.63, 3.8) is 0 Å². The number of nitrogens with zero attached hydrogens (tertiary/aromatic N) is 4. The summed E-state index contributed by atoms with van der Waals surface area (Å²) in [6.45, 7) is 5.27. The Kier molecular flexibility index (Phi) is 5.06. The van der Waals surface area contributed by atoms with Crippen LogP contribution in [0.15, 0.2) is 24.7 Å². The molecule has 20 heavy (non-hydrogen) atoms. The molecule has 2 heterocycles. The maximum absolute atomic E-state index is 5.91. The quantitative estimate of drug-likeness (QED) is 0.829. The lowest BCUT2D eigenvalue weighted by Gasteiger charge is -2.09. The van der Waals surface area contributed by atoms with Crippen LogP contribution in [0.2, 0.25) is 0 Å². The molecular formula is C14H21N5O. The lowest BCUT2D eigenvalue weighted by Crippen LogP contribution is -2.21. The van der Waals surface area contributed by atoms with E-state index in [4.69, 9.17) is 10.5 Å². The minimum Gasteiger partial charge on any atom is -0.484 e. The maximum atomic E-state index is 5.91. The fourth-order valence-electron chi connectivity index (χ4n) is 1.84. The molecule has 0 aliphatic rings. The fourth-order valence-corrected chi connectivity index (χ4v) is 1.84. The van der Waals surface area contributed by atoms with Gasteiger partial charge in [0.1, 0.15) is 18.7 Å². The van der Waals surface area contributed by atoms with Gasteiger partial charge < -0.3 is 10.5 Å². The number of hydrogen-bond donors (Lipinski definition) is 1. The summed E-state index contributed by atoms with van der Waals surface area (Å²) < 4.78 is 7.47. The Hall–Kier alpha value is -1.95. The smallest absolute Gasteiger partial charge is 0.164 e. The summed E-state index contributed by atoms with van der Waals surface area (Å²) in [5.41, 5.74) is 6.90. The van der Waals surface area contributed by atoms with Crippen molar-refractivity contribution in [2.24, 2.45) is 5.73 Å². The van der Waals surface area contributed by atoms with Gasteiger partial charge in [0.05, 0.1) is 6.20 Å². The van der Waals surface area contributed by atoms with Gasteiger partial charge in [0.2, 0.25) is 0 Å². The third kappa shape index (κ3) is 3.77. The molecule has 1 unspecified atom stereocenters. The van der Waals surface area contributed by atoms with Gasteiger partial charge >= 0.3 is 0 Å². The Morgan fingerprint density at radius 1 is 1.30 bits per heavy atom. The first kappa shape index (κ1) is 14.5. The highest BCUT2D eigenvalue weighted by Gasteiger charge is 2.05. The van der Waals surface area contributed by atoms with Crippen LogP contribution in [0.4, 0.5) is 0 Å². The minimum absolute atomic E-state index is 0.164. The molecule has 2 aromatic heterocycles. The Labute approximate surface area is 119 Å². The summed E-state index contributed by atoms with van der Waals surface area (Å²) in [6, 6.07) is 4.03. The van der Waals surface area contributed by atoms with E-state index in [1.807, 2.05) is 23.7 Å². The van der Waals surface area contributed by atoms with Gasteiger partial charge in [-0.05, 0) is 25.5 Å². The number of aryl methyl sites for hydroxylation is 1. The van der Waals surface area contributed by atoms with Crippen molar-refractivity contribution in [1.29, 1.82) is 0 Å². The van der Waals surface area contributed by atoms with E-state index in [2.05, 4.69) is 22.0 Å². The molecule has 0 saturated heterocycles. The number of ether oxygens (including phenoxy) is 1. The van der Waals surface area contributed by atoms with Crippen molar-refractivity contribution in [3.8, 4) is 5.75 Å². The number of pyridine rings is 1. The summed E-state index contributed by atoms with van der Waals surface area (Å²) in [4.78, 5) is 8.52. The third-order valence-corrected chi connectivity index (χ3v) is 3.16. The van der Waals surface area contributed by atoms with Gasteiger partial charge in [0, 0.05) is 24.7 Å². The normalized spacial score (nSPS) is 12.3. The molecule has 6 nitrogen and oxygen atoms in total. The van der Waals surface area contributed by atoms with E-state index in [-0.39, 0.29) is 6.04 Å². The molecule has 0 fully saturated rings. The van der Waals surface area contributed by atoms with Crippen molar-refractivity contribution in [3.05, 3.63) is 36.2 Å². The van der Waals surface area contributed by atoms with Crippen LogP contribution in [0.1, 0.15) is 31.8 Å². The standard InChI is InChI=1S/C14H21N5O/c1-3-11(15)7-12-5-6-13(8-16-12)20-9-14-17-10-18-19(14)4-2/h5-6,8,10-11H,3-4,7,9,15H2,1-2H3. The predicted molar refractivity (Wildman–Crippen MR) is 76.2 cm³/mol. The van der Waals surface area contributed by atoms with Gasteiger partial charge in [0.25, 0.3) is 0 Å². The van der Waals surface area contributed by atoms with Crippen molar-refractivity contribution in [1.82, 2.24) is 19.7 Å². The van der Waals surface area contributed by atoms with Crippen molar-refractivity contribution in [2.75, 3.05) is 0 Å². The van der Waals surface area contributed by atoms with E-state index < -0.39 is 0 Å². The number of aromatic nitrogens is 4. The fraction of sp³-hybridized carbons (Fsp3) is 0.500. The van der Waals surface area contributed by atoms with Crippen LogP contribution in [0, 0.1) is 0 Å². The molecule has 0 spiro atoms. The van der Waals surface area contributed by atoms with Crippen LogP contribution in [0.25, 0.3) is 0 Å². The van der Waals surface area contributed by atoms with E-state index in [1.165, 1.54) is 6.33 Å². The van der Waals surface area contributed by atoms with Crippen LogP contribution in [0.5, 0.6) is 5.75 Å². The highest BCUT2D eigenvalue weighted by Crippen LogP contribution is 2.12. The van der Waals surface area contributed by atoms with Gasteiger partial charge in [-0.25, -0.2) is 9.67 Å². The zero-order chi connectivity index (χ0) is 14.4. The molecule has 2 rings (SSSR count). The van der Waals surface area contributed by atoms with E-state index >= 15 is 0 Å². The monoisotopic (exact) mass is 275 g/mol. The Bertz CT molecular complexity index is 523. The molecule has 0 amide bonds. The first-order chi connectivity index (χ1) is 9.72. The first-order valence-electron chi connectivity index (χ1n) is 6.92. The largest absolute Gasteiger partial charge is 0.484 e. The van der Waals surface area contributed by atoms with Gasteiger partial charge in [0.15, 0.2) is 5.82 Å². The number of rotatable bonds is 7. The Morgan fingerprint density at radius 2 is 2.15 bits per heavy atom. The molecular weight excluding hydrogens is 254 g/mol. The molecule has 0 aromatic carbocycles. The number of hydrogen-bond acceptors (Lipinski definition) is 5. The lowest BCUT2D eigenvalue weighted by atomic mass is 10.1. The summed E-state index contributed by atoms with van der Waals surface area (Å²) in [5, 5.41) is 4.10. The zero-order valence-electron chi connectivity index (χ0n) is 12.0. The predicted octanol–water partition coefficient (Wildman–Crippen LogP) is 1.55. The summed E-state index contributed by atoms with van der Waals surface area (Å²) in [6.07, 6.45) is 5.01. The second kappa shape index (κ2) is 7.00. The number of nitrogens with two attached hydrogens (primary N) is 1. The molecule has 6 heteroatoms. The average Bonchev–Trinajstić information content (AvgIpc) is 2.94. The van der Waals surface area contributed by atoms with Crippen LogP contribution >= 0.6 is 0 Å². The zero-order valence-corrected chi connectivity index (χ0v) is 12.0. The second-order valence-corrected chi connectivity index (χ2v) is 4.64. The summed E-state index contributed by atoms with van der Waals surface area (Å²) >= 11 is 0. The topological polar surface area (TPSA) is 78.9 Å². The molecule has 0 aliphatic heterocycles. The van der Waals surface area contributed by atoms with E-state index in [0.29, 0.717) is 6.61 Å². The van der Waals surface area contributed by atoms with E-state index in [0.717, 1.165) is 36.7 Å². The molecule has 0 bridgehead atoms. The Balaban J connectivity index is 1.91. The van der Waals surface area contributed by atoms with E-state index in [1.54, 1.807) is 6.20 Å². The Morgan fingerprint density at radius 3 is 2.80 bits per heavy atom. The summed E-state index contributed by atoms with van der Waals surface area (Å²) in [5.74, 6) is 1.54. The van der Waals surface area contributed by atoms with Gasteiger partial charge in [-0.1, -0.05) is 6.92 Å². The molecule has 1 atom stereocenters. The van der Waals surface area contributed by atoms with Crippen LogP contribution in [0.3, 0.4) is 0 Å². The molecule has 0 saturated carbocycles. The highest BCUT2D eigenvalue weighted by atomic mass is 16.5. The second-order valence-electron chi connectivity index (χ2n) is 4.64. The maximum Gasteiger partial charge on any atom is 0.164 e. The lowest BCUT2D eigenvalue weighted by molar-refractivity contribution is 0.286. The van der Waals surface area contributed by atoms with Gasteiger partial charge in [-0.2, -0.15) is 5.10 Å². The van der Waals surface area contributed by atoms with E-state index in [9.17, 15) is 0 Å².